The first-order valence-electron chi connectivity index (χ1n) is 4.89. The SMILES string of the molecule is Cc1cnc(Nc2ncc(C(N)=O)s2)c(C)n1. The Balaban J connectivity index is 2.22. The Hall–Kier alpha value is -2.02. The van der Waals surface area contributed by atoms with Gasteiger partial charge in [0.05, 0.1) is 23.8 Å². The number of nitrogens with zero attached hydrogens (tertiary/aromatic N) is 3. The summed E-state index contributed by atoms with van der Waals surface area (Å²) in [6.07, 6.45) is 3.10. The zero-order valence-electron chi connectivity index (χ0n) is 9.39. The van der Waals surface area contributed by atoms with Crippen molar-refractivity contribution < 1.29 is 4.79 Å². The van der Waals surface area contributed by atoms with Crippen LogP contribution in [0.2, 0.25) is 0 Å². The minimum absolute atomic E-state index is 0.408. The number of aromatic nitrogens is 3. The third-order valence-corrected chi connectivity index (χ3v) is 2.97. The standard InChI is InChI=1S/C10H11N5OS/c1-5-3-12-9(6(2)14-5)15-10-13-4-7(17-10)8(11)16/h3-4H,1-2H3,(H2,11,16)(H,12,13,15). The summed E-state index contributed by atoms with van der Waals surface area (Å²) in [5.41, 5.74) is 6.78. The van der Waals surface area contributed by atoms with Crippen LogP contribution in [0.5, 0.6) is 0 Å². The fraction of sp³-hybridized carbons (Fsp3) is 0.200. The second kappa shape index (κ2) is 4.46. The van der Waals surface area contributed by atoms with Gasteiger partial charge in [-0.3, -0.25) is 9.78 Å². The molecule has 3 N–H and O–H groups in total. The lowest BCUT2D eigenvalue weighted by Gasteiger charge is -2.04. The van der Waals surface area contributed by atoms with E-state index in [1.807, 2.05) is 13.8 Å². The number of primary amides is 1. The number of carbonyl (C=O) groups is 1. The van der Waals surface area contributed by atoms with Crippen molar-refractivity contribution in [1.82, 2.24) is 15.0 Å². The van der Waals surface area contributed by atoms with Crippen LogP contribution in [0.1, 0.15) is 21.1 Å². The van der Waals surface area contributed by atoms with E-state index < -0.39 is 5.91 Å². The summed E-state index contributed by atoms with van der Waals surface area (Å²) in [4.78, 5) is 23.8. The predicted octanol–water partition coefficient (Wildman–Crippen LogP) is 1.39. The van der Waals surface area contributed by atoms with Gasteiger partial charge in [0.2, 0.25) is 0 Å². The van der Waals surface area contributed by atoms with Gasteiger partial charge in [-0.05, 0) is 13.8 Å². The van der Waals surface area contributed by atoms with Crippen molar-refractivity contribution in [3.8, 4) is 0 Å². The van der Waals surface area contributed by atoms with Crippen molar-refractivity contribution >= 4 is 28.2 Å². The smallest absolute Gasteiger partial charge is 0.260 e. The topological polar surface area (TPSA) is 93.8 Å². The maximum absolute atomic E-state index is 10.9. The second-order valence-corrected chi connectivity index (χ2v) is 4.49. The minimum Gasteiger partial charge on any atom is -0.365 e. The van der Waals surface area contributed by atoms with E-state index in [0.717, 1.165) is 11.4 Å². The van der Waals surface area contributed by atoms with Gasteiger partial charge in [0.15, 0.2) is 10.9 Å². The van der Waals surface area contributed by atoms with Crippen LogP contribution in [0, 0.1) is 13.8 Å². The van der Waals surface area contributed by atoms with Gasteiger partial charge >= 0.3 is 0 Å². The highest BCUT2D eigenvalue weighted by atomic mass is 32.1. The quantitative estimate of drug-likeness (QED) is 0.857. The van der Waals surface area contributed by atoms with Crippen LogP contribution in [-0.2, 0) is 0 Å². The molecule has 0 aliphatic carbocycles. The zero-order valence-corrected chi connectivity index (χ0v) is 10.2. The van der Waals surface area contributed by atoms with Gasteiger partial charge in [0.1, 0.15) is 4.88 Å². The Kier molecular flexibility index (Phi) is 3.01. The van der Waals surface area contributed by atoms with E-state index in [4.69, 9.17) is 5.73 Å². The molecule has 88 valence electrons. The van der Waals surface area contributed by atoms with E-state index in [1.54, 1.807) is 6.20 Å². The number of carbonyl (C=O) groups excluding carboxylic acids is 1. The Bertz CT molecular complexity index is 566. The van der Waals surface area contributed by atoms with Crippen molar-refractivity contribution in [2.24, 2.45) is 5.73 Å². The van der Waals surface area contributed by atoms with E-state index in [9.17, 15) is 4.79 Å². The van der Waals surface area contributed by atoms with Crippen LogP contribution in [0.25, 0.3) is 0 Å². The highest BCUT2D eigenvalue weighted by Gasteiger charge is 2.08. The number of nitrogens with one attached hydrogen (secondary N) is 1. The molecule has 0 aliphatic rings. The monoisotopic (exact) mass is 249 g/mol. The summed E-state index contributed by atoms with van der Waals surface area (Å²) in [6.45, 7) is 3.73. The first-order chi connectivity index (χ1) is 8.06. The molecule has 0 spiro atoms. The molecule has 6 nitrogen and oxygen atoms in total. The second-order valence-electron chi connectivity index (χ2n) is 3.46. The molecule has 2 heterocycles. The van der Waals surface area contributed by atoms with Crippen LogP contribution < -0.4 is 11.1 Å². The summed E-state index contributed by atoms with van der Waals surface area (Å²) in [5.74, 6) is 0.142. The minimum atomic E-state index is -0.484. The van der Waals surface area contributed by atoms with Crippen LogP contribution in [-0.4, -0.2) is 20.9 Å². The summed E-state index contributed by atoms with van der Waals surface area (Å²) < 4.78 is 0. The summed E-state index contributed by atoms with van der Waals surface area (Å²) in [6, 6.07) is 0. The number of nitrogens with two attached hydrogens (primary N) is 1. The van der Waals surface area contributed by atoms with Crippen molar-refractivity contribution in [2.45, 2.75) is 13.8 Å². The lowest BCUT2D eigenvalue weighted by molar-refractivity contribution is 0.100. The number of rotatable bonds is 3. The van der Waals surface area contributed by atoms with Crippen molar-refractivity contribution in [1.29, 1.82) is 0 Å². The third-order valence-electron chi connectivity index (χ3n) is 2.04. The van der Waals surface area contributed by atoms with Gasteiger partial charge < -0.3 is 11.1 Å². The predicted molar refractivity (Wildman–Crippen MR) is 65.4 cm³/mol. The molecule has 0 radical (unpaired) electrons. The van der Waals surface area contributed by atoms with E-state index in [0.29, 0.717) is 15.8 Å². The lowest BCUT2D eigenvalue weighted by atomic mass is 10.4. The number of aryl methyl sites for hydroxylation is 2. The molecule has 0 atom stereocenters. The normalized spacial score (nSPS) is 10.2. The van der Waals surface area contributed by atoms with E-state index in [1.165, 1.54) is 17.5 Å². The number of anilines is 2. The largest absolute Gasteiger partial charge is 0.365 e. The number of amides is 1. The molecule has 17 heavy (non-hydrogen) atoms. The van der Waals surface area contributed by atoms with E-state index in [2.05, 4.69) is 20.3 Å². The van der Waals surface area contributed by atoms with Crippen molar-refractivity contribution in [3.63, 3.8) is 0 Å². The Labute approximate surface area is 102 Å². The molecule has 0 saturated carbocycles. The molecule has 1 amide bonds. The Morgan fingerprint density at radius 2 is 2.12 bits per heavy atom. The number of hydrogen-bond acceptors (Lipinski definition) is 6. The van der Waals surface area contributed by atoms with Gasteiger partial charge in [-0.15, -0.1) is 0 Å². The molecule has 0 saturated heterocycles. The Morgan fingerprint density at radius 3 is 2.71 bits per heavy atom. The molecule has 7 heteroatoms. The zero-order chi connectivity index (χ0) is 12.4. The number of hydrogen-bond donors (Lipinski definition) is 2. The van der Waals surface area contributed by atoms with Gasteiger partial charge in [-0.1, -0.05) is 11.3 Å². The first kappa shape index (κ1) is 11.5. The molecule has 0 fully saturated rings. The molecule has 0 bridgehead atoms. The maximum atomic E-state index is 10.9. The van der Waals surface area contributed by atoms with Gasteiger partial charge in [0, 0.05) is 0 Å². The van der Waals surface area contributed by atoms with Crippen molar-refractivity contribution in [3.05, 3.63) is 28.7 Å². The summed E-state index contributed by atoms with van der Waals surface area (Å²) in [7, 11) is 0. The molecule has 2 aromatic heterocycles. The van der Waals surface area contributed by atoms with E-state index in [-0.39, 0.29) is 0 Å². The van der Waals surface area contributed by atoms with Gasteiger partial charge in [0.25, 0.3) is 5.91 Å². The molecule has 0 unspecified atom stereocenters. The molecular weight excluding hydrogens is 238 g/mol. The average molecular weight is 249 g/mol. The van der Waals surface area contributed by atoms with Gasteiger partial charge in [-0.2, -0.15) is 0 Å². The summed E-state index contributed by atoms with van der Waals surface area (Å²) >= 11 is 1.18. The van der Waals surface area contributed by atoms with Crippen LogP contribution in [0.3, 0.4) is 0 Å². The van der Waals surface area contributed by atoms with E-state index >= 15 is 0 Å². The third kappa shape index (κ3) is 2.56. The summed E-state index contributed by atoms with van der Waals surface area (Å²) in [5, 5.41) is 3.57. The Morgan fingerprint density at radius 1 is 1.35 bits per heavy atom. The fourth-order valence-corrected chi connectivity index (χ4v) is 1.93. The lowest BCUT2D eigenvalue weighted by Crippen LogP contribution is -2.08. The van der Waals surface area contributed by atoms with Crippen molar-refractivity contribution in [2.75, 3.05) is 5.32 Å². The molecule has 2 aromatic rings. The van der Waals surface area contributed by atoms with Crippen LogP contribution >= 0.6 is 11.3 Å². The van der Waals surface area contributed by atoms with Crippen LogP contribution in [0.15, 0.2) is 12.4 Å². The molecular formula is C10H11N5OS. The first-order valence-corrected chi connectivity index (χ1v) is 5.71. The molecule has 0 aliphatic heterocycles. The number of thiazole rings is 1. The maximum Gasteiger partial charge on any atom is 0.260 e. The molecule has 0 aromatic carbocycles. The fourth-order valence-electron chi connectivity index (χ4n) is 1.27. The van der Waals surface area contributed by atoms with Gasteiger partial charge in [-0.25, -0.2) is 9.97 Å². The van der Waals surface area contributed by atoms with Crippen LogP contribution in [0.4, 0.5) is 10.9 Å². The molecule has 2 rings (SSSR count). The average Bonchev–Trinajstić information content (AvgIpc) is 2.71. The highest BCUT2D eigenvalue weighted by Crippen LogP contribution is 2.22. The highest BCUT2D eigenvalue weighted by molar-refractivity contribution is 7.17.